The molecule has 0 aliphatic carbocycles. The number of hydrogen-bond donors (Lipinski definition) is 2. The van der Waals surface area contributed by atoms with Gasteiger partial charge in [0, 0.05) is 0 Å². The fraction of sp³-hybridized carbons (Fsp3) is 0.375. The van der Waals surface area contributed by atoms with Crippen molar-refractivity contribution >= 4 is 28.9 Å². The SMILES string of the molecule is CC[NH+]1CCN(C2=NC(=O)/C(=C/c3cccc(O)c3)S2)CC1. The number of carbonyl (C=O) groups is 1. The molecule has 0 bridgehead atoms. The van der Waals surface area contributed by atoms with Crippen LogP contribution in [0.4, 0.5) is 0 Å². The van der Waals surface area contributed by atoms with E-state index in [0.29, 0.717) is 4.91 Å². The maximum atomic E-state index is 12.1. The normalized spacial score (nSPS) is 21.5. The van der Waals surface area contributed by atoms with E-state index in [-0.39, 0.29) is 11.7 Å². The lowest BCUT2D eigenvalue weighted by atomic mass is 10.2. The van der Waals surface area contributed by atoms with Gasteiger partial charge in [-0.3, -0.25) is 4.79 Å². The first-order valence-corrected chi connectivity index (χ1v) is 8.37. The minimum atomic E-state index is -0.186. The summed E-state index contributed by atoms with van der Waals surface area (Å²) in [5.74, 6) is 0.0122. The van der Waals surface area contributed by atoms with Crippen molar-refractivity contribution in [2.24, 2.45) is 4.99 Å². The molecule has 1 amide bonds. The molecule has 2 N–H and O–H groups in total. The van der Waals surface area contributed by atoms with Gasteiger partial charge in [-0.1, -0.05) is 12.1 Å². The van der Waals surface area contributed by atoms with Crippen molar-refractivity contribution in [3.8, 4) is 5.75 Å². The zero-order valence-corrected chi connectivity index (χ0v) is 13.4. The summed E-state index contributed by atoms with van der Waals surface area (Å²) in [5.41, 5.74) is 0.813. The van der Waals surface area contributed by atoms with Gasteiger partial charge in [-0.05, 0) is 42.5 Å². The number of phenolic OH excluding ortho intramolecular Hbond substituents is 1. The first-order valence-electron chi connectivity index (χ1n) is 7.56. The van der Waals surface area contributed by atoms with Crippen LogP contribution in [0, 0.1) is 0 Å². The van der Waals surface area contributed by atoms with Gasteiger partial charge in [0.05, 0.1) is 37.6 Å². The molecule has 1 aromatic carbocycles. The van der Waals surface area contributed by atoms with Gasteiger partial charge < -0.3 is 14.9 Å². The number of phenols is 1. The monoisotopic (exact) mass is 318 g/mol. The van der Waals surface area contributed by atoms with Crippen LogP contribution >= 0.6 is 11.8 Å². The summed E-state index contributed by atoms with van der Waals surface area (Å²) < 4.78 is 0. The minimum Gasteiger partial charge on any atom is -0.508 e. The summed E-state index contributed by atoms with van der Waals surface area (Å²) in [5, 5.41) is 10.3. The molecule has 2 aliphatic rings. The molecule has 5 nitrogen and oxygen atoms in total. The van der Waals surface area contributed by atoms with Crippen LogP contribution in [0.1, 0.15) is 12.5 Å². The Morgan fingerprint density at radius 1 is 1.41 bits per heavy atom. The quantitative estimate of drug-likeness (QED) is 0.784. The zero-order chi connectivity index (χ0) is 15.5. The van der Waals surface area contributed by atoms with Gasteiger partial charge >= 0.3 is 0 Å². The van der Waals surface area contributed by atoms with E-state index in [1.165, 1.54) is 11.8 Å². The summed E-state index contributed by atoms with van der Waals surface area (Å²) in [6.45, 7) is 7.43. The number of rotatable bonds is 2. The second kappa shape index (κ2) is 6.54. The molecule has 0 atom stereocenters. The lowest BCUT2D eigenvalue weighted by Gasteiger charge is -2.32. The van der Waals surface area contributed by atoms with Crippen molar-refractivity contribution in [3.05, 3.63) is 34.7 Å². The molecule has 3 rings (SSSR count). The molecule has 0 aromatic heterocycles. The number of amidine groups is 1. The number of likely N-dealkylation sites (N-methyl/N-ethyl adjacent to an activating group) is 1. The van der Waals surface area contributed by atoms with Crippen molar-refractivity contribution in [2.45, 2.75) is 6.92 Å². The van der Waals surface area contributed by atoms with Gasteiger partial charge in [-0.15, -0.1) is 0 Å². The van der Waals surface area contributed by atoms with Gasteiger partial charge in [0.15, 0.2) is 5.17 Å². The Morgan fingerprint density at radius 3 is 2.86 bits per heavy atom. The lowest BCUT2D eigenvalue weighted by molar-refractivity contribution is -0.902. The molecule has 116 valence electrons. The van der Waals surface area contributed by atoms with Crippen molar-refractivity contribution in [2.75, 3.05) is 32.7 Å². The Bertz CT molecular complexity index is 634. The van der Waals surface area contributed by atoms with E-state index in [2.05, 4.69) is 16.8 Å². The minimum absolute atomic E-state index is 0.186. The fourth-order valence-electron chi connectivity index (χ4n) is 2.67. The van der Waals surface area contributed by atoms with Crippen LogP contribution < -0.4 is 4.90 Å². The Kier molecular flexibility index (Phi) is 4.49. The Labute approximate surface area is 134 Å². The summed E-state index contributed by atoms with van der Waals surface area (Å²) in [7, 11) is 0. The second-order valence-electron chi connectivity index (χ2n) is 5.50. The third-order valence-corrected chi connectivity index (χ3v) is 5.06. The Morgan fingerprint density at radius 2 is 2.18 bits per heavy atom. The van der Waals surface area contributed by atoms with Crippen molar-refractivity contribution in [3.63, 3.8) is 0 Å². The maximum absolute atomic E-state index is 12.1. The van der Waals surface area contributed by atoms with Crippen LogP contribution in [0.2, 0.25) is 0 Å². The van der Waals surface area contributed by atoms with Gasteiger partial charge in [0.2, 0.25) is 0 Å². The molecular formula is C16H20N3O2S+. The molecule has 0 saturated carbocycles. The molecule has 1 aromatic rings. The predicted molar refractivity (Wildman–Crippen MR) is 88.9 cm³/mol. The van der Waals surface area contributed by atoms with E-state index in [1.807, 2.05) is 6.07 Å². The highest BCUT2D eigenvalue weighted by atomic mass is 32.2. The van der Waals surface area contributed by atoms with E-state index in [0.717, 1.165) is 43.5 Å². The van der Waals surface area contributed by atoms with Crippen LogP contribution in [0.5, 0.6) is 5.75 Å². The Hall–Kier alpha value is -1.79. The summed E-state index contributed by atoms with van der Waals surface area (Å²) in [6, 6.07) is 6.88. The zero-order valence-electron chi connectivity index (χ0n) is 12.6. The van der Waals surface area contributed by atoms with Crippen molar-refractivity contribution in [1.82, 2.24) is 4.90 Å². The molecule has 1 saturated heterocycles. The number of carbonyl (C=O) groups excluding carboxylic acids is 1. The van der Waals surface area contributed by atoms with Gasteiger partial charge in [-0.2, -0.15) is 4.99 Å². The van der Waals surface area contributed by atoms with Crippen LogP contribution in [0.25, 0.3) is 6.08 Å². The smallest absolute Gasteiger partial charge is 0.286 e. The lowest BCUT2D eigenvalue weighted by Crippen LogP contribution is -3.14. The standard InChI is InChI=1S/C16H19N3O2S/c1-2-18-6-8-19(9-7-18)16-17-15(21)14(22-16)11-12-4-3-5-13(20)10-12/h3-5,10-11,20H,2,6-9H2,1H3/p+1/b14-11-. The van der Waals surface area contributed by atoms with Gasteiger partial charge in [0.1, 0.15) is 5.75 Å². The van der Waals surface area contributed by atoms with E-state index in [9.17, 15) is 9.90 Å². The average Bonchev–Trinajstić information content (AvgIpc) is 2.88. The molecular weight excluding hydrogens is 298 g/mol. The number of nitrogens with one attached hydrogen (secondary N) is 1. The second-order valence-corrected chi connectivity index (χ2v) is 6.50. The molecule has 2 aliphatic heterocycles. The van der Waals surface area contributed by atoms with E-state index in [4.69, 9.17) is 0 Å². The summed E-state index contributed by atoms with van der Waals surface area (Å²) in [4.78, 5) is 20.7. The molecule has 0 radical (unpaired) electrons. The topological polar surface area (TPSA) is 57.3 Å². The number of quaternary nitrogens is 1. The summed E-state index contributed by atoms with van der Waals surface area (Å²) >= 11 is 1.43. The molecule has 0 spiro atoms. The highest BCUT2D eigenvalue weighted by molar-refractivity contribution is 8.18. The number of amides is 1. The third-order valence-electron chi connectivity index (χ3n) is 4.02. The molecule has 2 heterocycles. The average molecular weight is 318 g/mol. The van der Waals surface area contributed by atoms with Gasteiger partial charge in [0.25, 0.3) is 5.91 Å². The van der Waals surface area contributed by atoms with Crippen molar-refractivity contribution in [1.29, 1.82) is 0 Å². The number of benzene rings is 1. The molecule has 1 fully saturated rings. The van der Waals surface area contributed by atoms with Crippen LogP contribution in [-0.2, 0) is 4.79 Å². The fourth-order valence-corrected chi connectivity index (χ4v) is 3.63. The molecule has 0 unspecified atom stereocenters. The van der Waals surface area contributed by atoms with Crippen LogP contribution in [-0.4, -0.2) is 53.8 Å². The first kappa shape index (κ1) is 15.1. The largest absolute Gasteiger partial charge is 0.508 e. The maximum Gasteiger partial charge on any atom is 0.286 e. The highest BCUT2D eigenvalue weighted by Crippen LogP contribution is 2.30. The van der Waals surface area contributed by atoms with E-state index >= 15 is 0 Å². The number of aliphatic imine (C=N–C) groups is 1. The third kappa shape index (κ3) is 3.34. The number of nitrogens with zero attached hydrogens (tertiary/aromatic N) is 2. The Balaban J connectivity index is 1.69. The van der Waals surface area contributed by atoms with Crippen LogP contribution in [0.3, 0.4) is 0 Å². The van der Waals surface area contributed by atoms with Gasteiger partial charge in [-0.25, -0.2) is 0 Å². The highest BCUT2D eigenvalue weighted by Gasteiger charge is 2.29. The number of aromatic hydroxyl groups is 1. The summed E-state index contributed by atoms with van der Waals surface area (Å²) in [6.07, 6.45) is 1.79. The number of piperazine rings is 1. The predicted octanol–water partition coefficient (Wildman–Crippen LogP) is 0.583. The van der Waals surface area contributed by atoms with Crippen LogP contribution in [0.15, 0.2) is 34.2 Å². The van der Waals surface area contributed by atoms with E-state index < -0.39 is 0 Å². The number of thioether (sulfide) groups is 1. The first-order chi connectivity index (χ1) is 10.7. The number of hydrogen-bond acceptors (Lipinski definition) is 4. The van der Waals surface area contributed by atoms with E-state index in [1.54, 1.807) is 29.2 Å². The molecule has 22 heavy (non-hydrogen) atoms. The molecule has 6 heteroatoms. The van der Waals surface area contributed by atoms with Crippen molar-refractivity contribution < 1.29 is 14.8 Å².